The van der Waals surface area contributed by atoms with Gasteiger partial charge in [-0.15, -0.1) is 0 Å². The Hall–Kier alpha value is -0.940. The van der Waals surface area contributed by atoms with E-state index in [0.29, 0.717) is 6.61 Å². The SMILES string of the molecule is COC[C@H](CN1CCN(Cc2ccccc2)CC1)OC. The maximum Gasteiger partial charge on any atom is 0.0931 e. The van der Waals surface area contributed by atoms with Crippen LogP contribution in [0, 0.1) is 0 Å². The van der Waals surface area contributed by atoms with Crippen molar-refractivity contribution in [3.63, 3.8) is 0 Å². The molecule has 1 aromatic rings. The summed E-state index contributed by atoms with van der Waals surface area (Å²) in [6, 6.07) is 10.7. The van der Waals surface area contributed by atoms with Gasteiger partial charge in [0, 0.05) is 53.5 Å². The van der Waals surface area contributed by atoms with E-state index >= 15 is 0 Å². The Balaban J connectivity index is 1.72. The molecular formula is C16H26N2O2. The Kier molecular flexibility index (Phi) is 6.47. The summed E-state index contributed by atoms with van der Waals surface area (Å²) in [6.45, 7) is 7.15. The summed E-state index contributed by atoms with van der Waals surface area (Å²) < 4.78 is 10.6. The Bertz CT molecular complexity index is 364. The molecule has 2 rings (SSSR count). The highest BCUT2D eigenvalue weighted by Crippen LogP contribution is 2.09. The molecule has 1 aliphatic heterocycles. The van der Waals surface area contributed by atoms with E-state index in [1.807, 2.05) is 0 Å². The third-order valence-electron chi connectivity index (χ3n) is 3.86. The second-order valence-corrected chi connectivity index (χ2v) is 5.38. The first-order valence-electron chi connectivity index (χ1n) is 7.32. The number of ether oxygens (including phenoxy) is 2. The minimum absolute atomic E-state index is 0.181. The van der Waals surface area contributed by atoms with Crippen LogP contribution < -0.4 is 0 Å². The summed E-state index contributed by atoms with van der Waals surface area (Å²) >= 11 is 0. The van der Waals surface area contributed by atoms with Crippen molar-refractivity contribution in [3.05, 3.63) is 35.9 Å². The summed E-state index contributed by atoms with van der Waals surface area (Å²) in [7, 11) is 3.49. The summed E-state index contributed by atoms with van der Waals surface area (Å²) in [5, 5.41) is 0. The zero-order valence-corrected chi connectivity index (χ0v) is 12.6. The predicted octanol–water partition coefficient (Wildman–Crippen LogP) is 1.47. The molecule has 1 saturated heterocycles. The molecule has 0 aromatic heterocycles. The van der Waals surface area contributed by atoms with Crippen LogP contribution in [0.25, 0.3) is 0 Å². The lowest BCUT2D eigenvalue weighted by Crippen LogP contribution is -2.48. The third-order valence-corrected chi connectivity index (χ3v) is 3.86. The zero-order chi connectivity index (χ0) is 14.2. The number of methoxy groups -OCH3 is 2. The fourth-order valence-corrected chi connectivity index (χ4v) is 2.64. The van der Waals surface area contributed by atoms with Gasteiger partial charge in [-0.05, 0) is 5.56 Å². The molecule has 0 bridgehead atoms. The molecule has 1 atom stereocenters. The largest absolute Gasteiger partial charge is 0.382 e. The summed E-state index contributed by atoms with van der Waals surface area (Å²) in [4.78, 5) is 4.98. The van der Waals surface area contributed by atoms with Gasteiger partial charge in [0.15, 0.2) is 0 Å². The van der Waals surface area contributed by atoms with Crippen LogP contribution in [0.4, 0.5) is 0 Å². The van der Waals surface area contributed by atoms with Crippen molar-refractivity contribution in [3.8, 4) is 0 Å². The number of hydrogen-bond donors (Lipinski definition) is 0. The summed E-state index contributed by atoms with van der Waals surface area (Å²) in [5.74, 6) is 0. The lowest BCUT2D eigenvalue weighted by molar-refractivity contribution is -0.00386. The van der Waals surface area contributed by atoms with Gasteiger partial charge < -0.3 is 9.47 Å². The molecule has 0 amide bonds. The molecule has 1 heterocycles. The van der Waals surface area contributed by atoms with E-state index in [1.165, 1.54) is 5.56 Å². The van der Waals surface area contributed by atoms with Crippen LogP contribution in [-0.4, -0.2) is 69.5 Å². The first-order chi connectivity index (χ1) is 9.81. The fourth-order valence-electron chi connectivity index (χ4n) is 2.64. The smallest absolute Gasteiger partial charge is 0.0931 e. The Morgan fingerprint density at radius 1 is 1.00 bits per heavy atom. The van der Waals surface area contributed by atoms with Crippen LogP contribution in [0.1, 0.15) is 5.56 Å². The van der Waals surface area contributed by atoms with Crippen LogP contribution in [0.5, 0.6) is 0 Å². The first-order valence-corrected chi connectivity index (χ1v) is 7.32. The van der Waals surface area contributed by atoms with Gasteiger partial charge in [0.25, 0.3) is 0 Å². The average molecular weight is 278 g/mol. The Morgan fingerprint density at radius 3 is 2.25 bits per heavy atom. The molecule has 4 nitrogen and oxygen atoms in total. The molecule has 4 heteroatoms. The molecule has 1 aliphatic rings. The van der Waals surface area contributed by atoms with Gasteiger partial charge >= 0.3 is 0 Å². The van der Waals surface area contributed by atoms with E-state index in [-0.39, 0.29) is 6.10 Å². The highest BCUT2D eigenvalue weighted by Gasteiger charge is 2.19. The maximum absolute atomic E-state index is 5.44. The Labute approximate surface area is 122 Å². The standard InChI is InChI=1S/C16H26N2O2/c1-19-14-16(20-2)13-18-10-8-17(9-11-18)12-15-6-4-3-5-7-15/h3-7,16H,8-14H2,1-2H3/t16-/m0/s1. The quantitative estimate of drug-likeness (QED) is 0.754. The highest BCUT2D eigenvalue weighted by molar-refractivity contribution is 5.14. The molecule has 0 radical (unpaired) electrons. The molecule has 1 aromatic carbocycles. The van der Waals surface area contributed by atoms with Crippen molar-refractivity contribution in [2.75, 3.05) is 53.6 Å². The normalized spacial score (nSPS) is 19.1. The van der Waals surface area contributed by atoms with Crippen LogP contribution in [0.2, 0.25) is 0 Å². The van der Waals surface area contributed by atoms with Crippen LogP contribution in [0.3, 0.4) is 0 Å². The molecule has 0 N–H and O–H groups in total. The van der Waals surface area contributed by atoms with E-state index in [4.69, 9.17) is 9.47 Å². The molecule has 112 valence electrons. The highest BCUT2D eigenvalue weighted by atomic mass is 16.5. The average Bonchev–Trinajstić information content (AvgIpc) is 2.50. The summed E-state index contributed by atoms with van der Waals surface area (Å²) in [6.07, 6.45) is 0.181. The van der Waals surface area contributed by atoms with Gasteiger partial charge in [0.05, 0.1) is 12.7 Å². The number of rotatable bonds is 7. The molecule has 0 aliphatic carbocycles. The first kappa shape index (κ1) is 15.4. The lowest BCUT2D eigenvalue weighted by Gasteiger charge is -2.36. The number of nitrogens with zero attached hydrogens (tertiary/aromatic N) is 2. The van der Waals surface area contributed by atoms with E-state index in [2.05, 4.69) is 40.1 Å². The van der Waals surface area contributed by atoms with Crippen LogP contribution in [-0.2, 0) is 16.0 Å². The number of piperazine rings is 1. The second kappa shape index (κ2) is 8.37. The number of hydrogen-bond acceptors (Lipinski definition) is 4. The van der Waals surface area contributed by atoms with Crippen molar-refractivity contribution in [2.45, 2.75) is 12.6 Å². The van der Waals surface area contributed by atoms with Gasteiger partial charge in [0.1, 0.15) is 0 Å². The van der Waals surface area contributed by atoms with Gasteiger partial charge in [-0.1, -0.05) is 30.3 Å². The molecule has 20 heavy (non-hydrogen) atoms. The third kappa shape index (κ3) is 4.87. The summed E-state index contributed by atoms with van der Waals surface area (Å²) in [5.41, 5.74) is 1.40. The van der Waals surface area contributed by atoms with Gasteiger partial charge in [-0.25, -0.2) is 0 Å². The van der Waals surface area contributed by atoms with Crippen LogP contribution >= 0.6 is 0 Å². The van der Waals surface area contributed by atoms with E-state index in [1.54, 1.807) is 14.2 Å². The monoisotopic (exact) mass is 278 g/mol. The molecule has 0 saturated carbocycles. The molecular weight excluding hydrogens is 252 g/mol. The lowest BCUT2D eigenvalue weighted by atomic mass is 10.2. The van der Waals surface area contributed by atoms with Gasteiger partial charge in [-0.2, -0.15) is 0 Å². The van der Waals surface area contributed by atoms with E-state index in [9.17, 15) is 0 Å². The van der Waals surface area contributed by atoms with E-state index < -0.39 is 0 Å². The second-order valence-electron chi connectivity index (χ2n) is 5.38. The van der Waals surface area contributed by atoms with Crippen molar-refractivity contribution in [1.29, 1.82) is 0 Å². The zero-order valence-electron chi connectivity index (χ0n) is 12.6. The van der Waals surface area contributed by atoms with Crippen LogP contribution in [0.15, 0.2) is 30.3 Å². The minimum Gasteiger partial charge on any atom is -0.382 e. The fraction of sp³-hybridized carbons (Fsp3) is 0.625. The molecule has 1 fully saturated rings. The topological polar surface area (TPSA) is 24.9 Å². The Morgan fingerprint density at radius 2 is 1.65 bits per heavy atom. The number of benzene rings is 1. The van der Waals surface area contributed by atoms with Crippen molar-refractivity contribution in [2.24, 2.45) is 0 Å². The van der Waals surface area contributed by atoms with Crippen molar-refractivity contribution >= 4 is 0 Å². The molecule has 0 spiro atoms. The van der Waals surface area contributed by atoms with E-state index in [0.717, 1.165) is 39.3 Å². The predicted molar refractivity (Wildman–Crippen MR) is 80.8 cm³/mol. The minimum atomic E-state index is 0.181. The van der Waals surface area contributed by atoms with Gasteiger partial charge in [-0.3, -0.25) is 9.80 Å². The van der Waals surface area contributed by atoms with Gasteiger partial charge in [0.2, 0.25) is 0 Å². The van der Waals surface area contributed by atoms with Crippen molar-refractivity contribution in [1.82, 2.24) is 9.80 Å². The van der Waals surface area contributed by atoms with Crippen molar-refractivity contribution < 1.29 is 9.47 Å². The molecule has 0 unspecified atom stereocenters. The maximum atomic E-state index is 5.44.